The summed E-state index contributed by atoms with van der Waals surface area (Å²) in [6.07, 6.45) is 2.46. The van der Waals surface area contributed by atoms with E-state index >= 15 is 0 Å². The smallest absolute Gasteiger partial charge is 0.326 e. The summed E-state index contributed by atoms with van der Waals surface area (Å²) in [7, 11) is 0. The fourth-order valence-electron chi connectivity index (χ4n) is 2.09. The van der Waals surface area contributed by atoms with E-state index in [0.717, 1.165) is 16.5 Å². The van der Waals surface area contributed by atoms with Gasteiger partial charge in [0.05, 0.1) is 18.1 Å². The van der Waals surface area contributed by atoms with E-state index in [2.05, 4.69) is 15.9 Å². The molecule has 1 heterocycles. The van der Waals surface area contributed by atoms with Crippen molar-refractivity contribution >= 4 is 62.2 Å². The Balaban J connectivity index is 2.20. The predicted octanol–water partition coefficient (Wildman–Crippen LogP) is 4.00. The number of ether oxygens (including phenoxy) is 2. The first-order chi connectivity index (χ1) is 12.0. The van der Waals surface area contributed by atoms with Gasteiger partial charge in [0.15, 0.2) is 0 Å². The van der Waals surface area contributed by atoms with E-state index in [4.69, 9.17) is 21.7 Å². The van der Waals surface area contributed by atoms with Crippen molar-refractivity contribution in [3.63, 3.8) is 0 Å². The number of carbonyl (C=O) groups excluding carboxylic acids is 2. The van der Waals surface area contributed by atoms with Crippen LogP contribution in [0.5, 0.6) is 5.75 Å². The topological polar surface area (TPSA) is 55.8 Å². The zero-order valence-electron chi connectivity index (χ0n) is 13.9. The van der Waals surface area contributed by atoms with Crippen LogP contribution in [0.1, 0.15) is 25.8 Å². The summed E-state index contributed by atoms with van der Waals surface area (Å²) in [5.74, 6) is -0.0824. The molecule has 1 fully saturated rings. The van der Waals surface area contributed by atoms with Crippen LogP contribution in [0.3, 0.4) is 0 Å². The van der Waals surface area contributed by atoms with Crippen molar-refractivity contribution in [3.8, 4) is 5.75 Å². The lowest BCUT2D eigenvalue weighted by Crippen LogP contribution is -2.34. The highest BCUT2D eigenvalue weighted by molar-refractivity contribution is 9.10. The van der Waals surface area contributed by atoms with Crippen molar-refractivity contribution in [2.24, 2.45) is 0 Å². The highest BCUT2D eigenvalue weighted by atomic mass is 79.9. The molecule has 0 unspecified atom stereocenters. The lowest BCUT2D eigenvalue weighted by molar-refractivity contribution is -0.146. The molecule has 2 rings (SSSR count). The highest BCUT2D eigenvalue weighted by Gasteiger charge is 2.34. The normalized spacial score (nSPS) is 15.8. The van der Waals surface area contributed by atoms with Gasteiger partial charge < -0.3 is 9.47 Å². The van der Waals surface area contributed by atoms with Crippen molar-refractivity contribution in [2.45, 2.75) is 20.3 Å². The first-order valence-corrected chi connectivity index (χ1v) is 9.81. The van der Waals surface area contributed by atoms with Crippen molar-refractivity contribution < 1.29 is 19.1 Å². The number of nitrogens with zero attached hydrogens (tertiary/aromatic N) is 1. The zero-order valence-corrected chi connectivity index (χ0v) is 17.1. The Morgan fingerprint density at radius 1 is 1.40 bits per heavy atom. The molecule has 0 bridgehead atoms. The Labute approximate surface area is 164 Å². The van der Waals surface area contributed by atoms with Gasteiger partial charge in [-0.3, -0.25) is 14.5 Å². The Bertz CT molecular complexity index is 721. The summed E-state index contributed by atoms with van der Waals surface area (Å²) in [6, 6.07) is 5.58. The monoisotopic (exact) mass is 443 g/mol. The summed E-state index contributed by atoms with van der Waals surface area (Å²) >= 11 is 9.81. The molecule has 0 atom stereocenters. The van der Waals surface area contributed by atoms with E-state index in [9.17, 15) is 9.59 Å². The maximum absolute atomic E-state index is 12.6. The van der Waals surface area contributed by atoms with Crippen molar-refractivity contribution in [1.29, 1.82) is 0 Å². The Kier molecular flexibility index (Phi) is 7.46. The van der Waals surface area contributed by atoms with Crippen LogP contribution in [0, 0.1) is 0 Å². The van der Waals surface area contributed by atoms with Gasteiger partial charge in [-0.15, -0.1) is 0 Å². The fourth-order valence-corrected chi connectivity index (χ4v) is 3.71. The molecule has 0 N–H and O–H groups in total. The van der Waals surface area contributed by atoms with Crippen molar-refractivity contribution in [1.82, 2.24) is 4.90 Å². The van der Waals surface area contributed by atoms with Gasteiger partial charge in [0.25, 0.3) is 5.91 Å². The summed E-state index contributed by atoms with van der Waals surface area (Å²) < 4.78 is 11.8. The third-order valence-corrected chi connectivity index (χ3v) is 5.06. The van der Waals surface area contributed by atoms with Gasteiger partial charge in [0.2, 0.25) is 0 Å². The zero-order chi connectivity index (χ0) is 18.4. The number of amides is 1. The average molecular weight is 444 g/mol. The number of thioether (sulfide) groups is 1. The van der Waals surface area contributed by atoms with E-state index in [1.165, 1.54) is 16.7 Å². The summed E-state index contributed by atoms with van der Waals surface area (Å²) in [5, 5.41) is 0. The molecule has 1 saturated heterocycles. The minimum Gasteiger partial charge on any atom is -0.493 e. The van der Waals surface area contributed by atoms with Crippen molar-refractivity contribution in [3.05, 3.63) is 33.1 Å². The minimum atomic E-state index is -0.461. The quantitative estimate of drug-likeness (QED) is 0.360. The molecule has 134 valence electrons. The molecule has 0 radical (unpaired) electrons. The number of thiocarbonyl (C=S) groups is 1. The highest BCUT2D eigenvalue weighted by Crippen LogP contribution is 2.35. The first-order valence-electron chi connectivity index (χ1n) is 7.79. The summed E-state index contributed by atoms with van der Waals surface area (Å²) in [6.45, 7) is 4.49. The number of carbonyl (C=O) groups is 2. The molecular formula is C17H18BrNO4S2. The van der Waals surface area contributed by atoms with Crippen LogP contribution in [-0.4, -0.2) is 40.9 Å². The standard InChI is InChI=1S/C17H18BrNO4S2/c1-3-7-23-15(20)10-19-16(21)14(25-17(19)24)9-11-8-12(18)5-6-13(11)22-4-2/h5-6,8-9H,3-4,7,10H2,1-2H3/b14-9+. The van der Waals surface area contributed by atoms with Crippen LogP contribution in [0.25, 0.3) is 6.08 Å². The molecule has 1 aliphatic rings. The van der Waals surface area contributed by atoms with Crippen LogP contribution in [0.15, 0.2) is 27.6 Å². The Morgan fingerprint density at radius 3 is 2.84 bits per heavy atom. The van der Waals surface area contributed by atoms with Crippen LogP contribution < -0.4 is 4.74 Å². The fraction of sp³-hybridized carbons (Fsp3) is 0.353. The molecule has 8 heteroatoms. The van der Waals surface area contributed by atoms with E-state index in [0.29, 0.717) is 28.2 Å². The van der Waals surface area contributed by atoms with Gasteiger partial charge in [-0.25, -0.2) is 0 Å². The van der Waals surface area contributed by atoms with Gasteiger partial charge in [0, 0.05) is 10.0 Å². The van der Waals surface area contributed by atoms with Crippen LogP contribution in [-0.2, 0) is 14.3 Å². The largest absolute Gasteiger partial charge is 0.493 e. The number of benzene rings is 1. The molecule has 25 heavy (non-hydrogen) atoms. The molecule has 1 aliphatic heterocycles. The summed E-state index contributed by atoms with van der Waals surface area (Å²) in [4.78, 5) is 26.1. The number of hydrogen-bond donors (Lipinski definition) is 0. The molecule has 1 amide bonds. The van der Waals surface area contributed by atoms with E-state index < -0.39 is 5.97 Å². The maximum Gasteiger partial charge on any atom is 0.326 e. The molecule has 5 nitrogen and oxygen atoms in total. The van der Waals surface area contributed by atoms with Crippen LogP contribution in [0.2, 0.25) is 0 Å². The van der Waals surface area contributed by atoms with Gasteiger partial charge >= 0.3 is 5.97 Å². The van der Waals surface area contributed by atoms with Gasteiger partial charge in [-0.05, 0) is 37.6 Å². The lowest BCUT2D eigenvalue weighted by atomic mass is 10.2. The molecule has 0 aliphatic carbocycles. The number of esters is 1. The Hall–Kier alpha value is -1.38. The molecular weight excluding hydrogens is 426 g/mol. The summed E-state index contributed by atoms with van der Waals surface area (Å²) in [5.41, 5.74) is 0.769. The SMILES string of the molecule is CCCOC(=O)CN1C(=O)/C(=C\c2cc(Br)ccc2OCC)SC1=S. The lowest BCUT2D eigenvalue weighted by Gasteiger charge is -2.13. The second-order valence-electron chi connectivity index (χ2n) is 5.10. The Morgan fingerprint density at radius 2 is 2.16 bits per heavy atom. The number of halogens is 1. The van der Waals surface area contributed by atoms with Crippen LogP contribution in [0.4, 0.5) is 0 Å². The average Bonchev–Trinajstić information content (AvgIpc) is 2.83. The minimum absolute atomic E-state index is 0.168. The third-order valence-electron chi connectivity index (χ3n) is 3.19. The van der Waals surface area contributed by atoms with Crippen LogP contribution >= 0.6 is 39.9 Å². The van der Waals surface area contributed by atoms with Gasteiger partial charge in [0.1, 0.15) is 16.6 Å². The van der Waals surface area contributed by atoms with E-state index in [1.807, 2.05) is 32.0 Å². The van der Waals surface area contributed by atoms with Gasteiger partial charge in [-0.1, -0.05) is 46.8 Å². The predicted molar refractivity (Wildman–Crippen MR) is 106 cm³/mol. The molecule has 1 aromatic carbocycles. The molecule has 0 aromatic heterocycles. The van der Waals surface area contributed by atoms with E-state index in [-0.39, 0.29) is 12.5 Å². The van der Waals surface area contributed by atoms with E-state index in [1.54, 1.807) is 6.08 Å². The second kappa shape index (κ2) is 9.35. The maximum atomic E-state index is 12.6. The number of hydrogen-bond acceptors (Lipinski definition) is 6. The van der Waals surface area contributed by atoms with Gasteiger partial charge in [-0.2, -0.15) is 0 Å². The molecule has 1 aromatic rings. The molecule has 0 saturated carbocycles. The second-order valence-corrected chi connectivity index (χ2v) is 7.69. The molecule has 0 spiro atoms. The van der Waals surface area contributed by atoms with Crippen molar-refractivity contribution in [2.75, 3.05) is 19.8 Å². The number of rotatable bonds is 7. The third kappa shape index (κ3) is 5.29. The first kappa shape index (κ1) is 19.9.